The standard InChI is InChI=1S/C25H25F3N6O3/c1-4-36-10-13-7-18-16(22-17(23(29)32-18)9-30-34(22)3)8-15(13)24(35)33(2)20-12-37-11-19-14(20)5-6-21(31-19)25(26,27)28/h5-9,20H,4,10-12H2,1-3H3,(H2,29,32). The van der Waals surface area contributed by atoms with Gasteiger partial charge in [0, 0.05) is 37.2 Å². The second-order valence-electron chi connectivity index (χ2n) is 8.87. The largest absolute Gasteiger partial charge is 0.433 e. The number of hydrogen-bond acceptors (Lipinski definition) is 7. The van der Waals surface area contributed by atoms with E-state index in [2.05, 4.69) is 15.1 Å². The van der Waals surface area contributed by atoms with Crippen molar-refractivity contribution in [2.45, 2.75) is 32.4 Å². The molecule has 1 unspecified atom stereocenters. The van der Waals surface area contributed by atoms with E-state index in [0.29, 0.717) is 45.4 Å². The number of hydrogen-bond donors (Lipinski definition) is 1. The number of nitrogen functional groups attached to an aromatic ring is 1. The van der Waals surface area contributed by atoms with Gasteiger partial charge in [0.15, 0.2) is 0 Å². The molecular weight excluding hydrogens is 489 g/mol. The summed E-state index contributed by atoms with van der Waals surface area (Å²) in [4.78, 5) is 23.6. The second-order valence-corrected chi connectivity index (χ2v) is 8.87. The van der Waals surface area contributed by atoms with Gasteiger partial charge < -0.3 is 20.1 Å². The minimum absolute atomic E-state index is 0.0606. The third kappa shape index (κ3) is 4.36. The number of ether oxygens (including phenoxy) is 2. The Morgan fingerprint density at radius 1 is 1.27 bits per heavy atom. The van der Waals surface area contributed by atoms with Gasteiger partial charge in [-0.15, -0.1) is 0 Å². The molecular formula is C25H25F3N6O3. The highest BCUT2D eigenvalue weighted by molar-refractivity contribution is 6.10. The number of amides is 1. The van der Waals surface area contributed by atoms with Crippen LogP contribution in [-0.2, 0) is 35.9 Å². The first-order valence-electron chi connectivity index (χ1n) is 11.6. The maximum Gasteiger partial charge on any atom is 0.433 e. The molecule has 37 heavy (non-hydrogen) atoms. The van der Waals surface area contributed by atoms with E-state index in [1.165, 1.54) is 11.0 Å². The molecule has 4 heterocycles. The van der Waals surface area contributed by atoms with Gasteiger partial charge in [-0.25, -0.2) is 9.97 Å². The zero-order chi connectivity index (χ0) is 26.5. The molecule has 1 aromatic carbocycles. The molecule has 194 valence electrons. The molecule has 1 aliphatic rings. The van der Waals surface area contributed by atoms with Crippen LogP contribution in [0.15, 0.2) is 30.5 Å². The van der Waals surface area contributed by atoms with Gasteiger partial charge in [0.1, 0.15) is 11.5 Å². The van der Waals surface area contributed by atoms with E-state index in [1.54, 1.807) is 37.1 Å². The van der Waals surface area contributed by atoms with Crippen molar-refractivity contribution in [3.63, 3.8) is 0 Å². The van der Waals surface area contributed by atoms with Crippen molar-refractivity contribution < 1.29 is 27.4 Å². The van der Waals surface area contributed by atoms with E-state index in [-0.39, 0.29) is 31.4 Å². The summed E-state index contributed by atoms with van der Waals surface area (Å²) in [6.07, 6.45) is -2.95. The Kier molecular flexibility index (Phi) is 6.24. The van der Waals surface area contributed by atoms with E-state index in [1.807, 2.05) is 6.92 Å². The van der Waals surface area contributed by atoms with Crippen molar-refractivity contribution in [1.29, 1.82) is 0 Å². The fraction of sp³-hybridized carbons (Fsp3) is 0.360. The summed E-state index contributed by atoms with van der Waals surface area (Å²) in [5.41, 5.74) is 8.16. The lowest BCUT2D eigenvalue weighted by atomic mass is 9.98. The van der Waals surface area contributed by atoms with Crippen LogP contribution >= 0.6 is 0 Å². The number of nitrogens with two attached hydrogens (primary N) is 1. The summed E-state index contributed by atoms with van der Waals surface area (Å²) >= 11 is 0. The predicted octanol–water partition coefficient (Wildman–Crippen LogP) is 4.00. The van der Waals surface area contributed by atoms with Crippen LogP contribution in [0.25, 0.3) is 21.8 Å². The van der Waals surface area contributed by atoms with Crippen LogP contribution in [0.3, 0.4) is 0 Å². The number of fused-ring (bicyclic) bond motifs is 4. The number of pyridine rings is 2. The lowest BCUT2D eigenvalue weighted by Crippen LogP contribution is -2.37. The zero-order valence-electron chi connectivity index (χ0n) is 20.5. The number of alkyl halides is 3. The van der Waals surface area contributed by atoms with Crippen LogP contribution < -0.4 is 5.73 Å². The van der Waals surface area contributed by atoms with Crippen molar-refractivity contribution in [3.8, 4) is 0 Å². The van der Waals surface area contributed by atoms with Crippen molar-refractivity contribution >= 4 is 33.5 Å². The van der Waals surface area contributed by atoms with Crippen LogP contribution in [0.1, 0.15) is 45.8 Å². The van der Waals surface area contributed by atoms with Crippen LogP contribution in [-0.4, -0.2) is 50.8 Å². The molecule has 3 aromatic heterocycles. The number of anilines is 1. The number of aryl methyl sites for hydroxylation is 1. The first-order valence-corrected chi connectivity index (χ1v) is 11.6. The van der Waals surface area contributed by atoms with E-state index in [9.17, 15) is 18.0 Å². The molecule has 0 saturated carbocycles. The number of rotatable bonds is 5. The molecule has 0 spiro atoms. The van der Waals surface area contributed by atoms with Gasteiger partial charge in [-0.2, -0.15) is 18.3 Å². The third-order valence-corrected chi connectivity index (χ3v) is 6.59. The van der Waals surface area contributed by atoms with Gasteiger partial charge in [0.2, 0.25) is 0 Å². The quantitative estimate of drug-likeness (QED) is 0.429. The zero-order valence-corrected chi connectivity index (χ0v) is 20.5. The monoisotopic (exact) mass is 514 g/mol. The Hall–Kier alpha value is -3.77. The maximum absolute atomic E-state index is 13.9. The highest BCUT2D eigenvalue weighted by Crippen LogP contribution is 2.35. The fourth-order valence-electron chi connectivity index (χ4n) is 4.68. The molecule has 0 radical (unpaired) electrons. The molecule has 5 rings (SSSR count). The van der Waals surface area contributed by atoms with Gasteiger partial charge in [-0.05, 0) is 30.7 Å². The van der Waals surface area contributed by atoms with Gasteiger partial charge >= 0.3 is 6.18 Å². The van der Waals surface area contributed by atoms with Gasteiger partial charge in [-0.3, -0.25) is 9.48 Å². The molecule has 9 nitrogen and oxygen atoms in total. The molecule has 12 heteroatoms. The average Bonchev–Trinajstić information content (AvgIpc) is 3.27. The summed E-state index contributed by atoms with van der Waals surface area (Å²) in [5, 5.41) is 5.64. The second kappa shape index (κ2) is 9.27. The average molecular weight is 515 g/mol. The summed E-state index contributed by atoms with van der Waals surface area (Å²) in [7, 11) is 3.38. The van der Waals surface area contributed by atoms with Gasteiger partial charge in [-0.1, -0.05) is 6.07 Å². The maximum atomic E-state index is 13.9. The van der Waals surface area contributed by atoms with E-state index in [0.717, 1.165) is 11.6 Å². The molecule has 1 amide bonds. The number of halogens is 3. The summed E-state index contributed by atoms with van der Waals surface area (Å²) in [6, 6.07) is 5.20. The minimum Gasteiger partial charge on any atom is -0.383 e. The molecule has 4 aromatic rings. The Bertz CT molecular complexity index is 1520. The summed E-state index contributed by atoms with van der Waals surface area (Å²) in [6.45, 7) is 2.52. The Labute approximate surface area is 210 Å². The lowest BCUT2D eigenvalue weighted by molar-refractivity contribution is -0.141. The first kappa shape index (κ1) is 24.9. The minimum atomic E-state index is -4.57. The SMILES string of the molecule is CCOCc1cc2nc(N)c3cnn(C)c3c2cc1C(=O)N(C)C1COCc2nc(C(F)(F)F)ccc21. The normalized spacial score (nSPS) is 15.8. The van der Waals surface area contributed by atoms with Crippen LogP contribution in [0.2, 0.25) is 0 Å². The van der Waals surface area contributed by atoms with Crippen LogP contribution in [0.4, 0.5) is 19.0 Å². The Balaban J connectivity index is 1.59. The van der Waals surface area contributed by atoms with Crippen molar-refractivity contribution in [3.05, 3.63) is 58.5 Å². The molecule has 2 N–H and O–H groups in total. The summed E-state index contributed by atoms with van der Waals surface area (Å²) < 4.78 is 52.4. The first-order chi connectivity index (χ1) is 17.6. The predicted molar refractivity (Wildman–Crippen MR) is 129 cm³/mol. The van der Waals surface area contributed by atoms with Crippen LogP contribution in [0, 0.1) is 0 Å². The molecule has 1 aliphatic heterocycles. The number of carbonyl (C=O) groups excluding carboxylic acids is 1. The van der Waals surface area contributed by atoms with E-state index in [4.69, 9.17) is 15.2 Å². The number of likely N-dealkylation sites (N-methyl/N-ethyl adjacent to an activating group) is 1. The number of nitrogens with zero attached hydrogens (tertiary/aromatic N) is 5. The highest BCUT2D eigenvalue weighted by Gasteiger charge is 2.36. The fourth-order valence-corrected chi connectivity index (χ4v) is 4.68. The van der Waals surface area contributed by atoms with Gasteiger partial charge in [0.25, 0.3) is 5.91 Å². The Morgan fingerprint density at radius 2 is 2.05 bits per heavy atom. The highest BCUT2D eigenvalue weighted by atomic mass is 19.4. The molecule has 0 fully saturated rings. The van der Waals surface area contributed by atoms with Crippen molar-refractivity contribution in [2.75, 3.05) is 26.0 Å². The molecule has 0 saturated heterocycles. The van der Waals surface area contributed by atoms with Crippen molar-refractivity contribution in [1.82, 2.24) is 24.6 Å². The number of benzene rings is 1. The third-order valence-electron chi connectivity index (χ3n) is 6.59. The molecule has 0 aliphatic carbocycles. The van der Waals surface area contributed by atoms with Gasteiger partial charge in [0.05, 0.1) is 54.2 Å². The Morgan fingerprint density at radius 3 is 2.78 bits per heavy atom. The smallest absolute Gasteiger partial charge is 0.383 e. The number of aromatic nitrogens is 4. The van der Waals surface area contributed by atoms with E-state index >= 15 is 0 Å². The van der Waals surface area contributed by atoms with E-state index < -0.39 is 17.9 Å². The topological polar surface area (TPSA) is 108 Å². The molecule has 0 bridgehead atoms. The summed E-state index contributed by atoms with van der Waals surface area (Å²) in [5.74, 6) is -0.0130. The van der Waals surface area contributed by atoms with Crippen LogP contribution in [0.5, 0.6) is 0 Å². The lowest BCUT2D eigenvalue weighted by Gasteiger charge is -2.33. The van der Waals surface area contributed by atoms with Crippen molar-refractivity contribution in [2.24, 2.45) is 7.05 Å². The number of carbonyl (C=O) groups is 1. The molecule has 1 atom stereocenters.